The second-order valence-corrected chi connectivity index (χ2v) is 21.4. The molecule has 75 heavy (non-hydrogen) atoms. The van der Waals surface area contributed by atoms with Gasteiger partial charge < -0.3 is 45.9 Å². The summed E-state index contributed by atoms with van der Waals surface area (Å²) in [5.74, 6) is -5.45. The van der Waals surface area contributed by atoms with E-state index >= 15 is 17.6 Å². The molecule has 2 aromatic heterocycles. The lowest BCUT2D eigenvalue weighted by atomic mass is 9.72. The number of carbonyl (C=O) groups is 3. The third kappa shape index (κ3) is 9.44. The van der Waals surface area contributed by atoms with Gasteiger partial charge in [-0.25, -0.2) is 27.3 Å². The second-order valence-electron chi connectivity index (χ2n) is 21.0. The van der Waals surface area contributed by atoms with Crippen LogP contribution in [0.1, 0.15) is 111 Å². The normalized spacial score (nSPS) is 24.8. The molecule has 6 N–H and O–H groups in total. The van der Waals surface area contributed by atoms with Crippen molar-refractivity contribution in [3.05, 3.63) is 99.2 Å². The summed E-state index contributed by atoms with van der Waals surface area (Å²) in [4.78, 5) is 49.3. The number of aliphatic hydroxyl groups excluding tert-OH is 2. The molecule has 3 saturated heterocycles. The van der Waals surface area contributed by atoms with Gasteiger partial charge in [-0.1, -0.05) is 55.8 Å². The Hall–Kier alpha value is -6.06. The van der Waals surface area contributed by atoms with Gasteiger partial charge in [-0.3, -0.25) is 19.2 Å². The maximum Gasteiger partial charge on any atom is 0.325 e. The quantitative estimate of drug-likeness (QED) is 0.0739. The molecule has 6 heterocycles. The van der Waals surface area contributed by atoms with Crippen LogP contribution < -0.4 is 30.7 Å². The number of benzene rings is 3. The van der Waals surface area contributed by atoms with Crippen molar-refractivity contribution in [2.45, 2.75) is 107 Å². The maximum absolute atomic E-state index is 16.5. The Kier molecular flexibility index (Phi) is 14.5. The maximum atomic E-state index is 16.5. The van der Waals surface area contributed by atoms with E-state index in [4.69, 9.17) is 26.8 Å². The van der Waals surface area contributed by atoms with Gasteiger partial charge in [0.1, 0.15) is 35.7 Å². The zero-order chi connectivity index (χ0) is 53.1. The third-order valence-electron chi connectivity index (χ3n) is 16.7. The van der Waals surface area contributed by atoms with Crippen LogP contribution in [0.5, 0.6) is 11.6 Å². The molecule has 5 aliphatic rings. The molecule has 0 radical (unpaired) electrons. The Morgan fingerprint density at radius 1 is 0.947 bits per heavy atom. The lowest BCUT2D eigenvalue weighted by Crippen LogP contribution is -2.53. The highest BCUT2D eigenvalue weighted by atomic mass is 35.5. The van der Waals surface area contributed by atoms with Crippen molar-refractivity contribution in [2.75, 3.05) is 57.4 Å². The minimum atomic E-state index is -1.16. The summed E-state index contributed by atoms with van der Waals surface area (Å²) >= 11 is 6.71. The molecule has 400 valence electrons. The van der Waals surface area contributed by atoms with Crippen LogP contribution >= 0.6 is 11.6 Å². The minimum absolute atomic E-state index is 0.00568. The number of nitrogens with two attached hydrogens (primary N) is 1. The highest BCUT2D eigenvalue weighted by Gasteiger charge is 2.51. The highest BCUT2D eigenvalue weighted by molar-refractivity contribution is 6.34. The number of amides is 4. The highest BCUT2D eigenvalue weighted by Crippen LogP contribution is 2.57. The number of aromatic nitrogens is 3. The fraction of sp³-hybridized carbons (Fsp3) is 0.500. The Bertz CT molecular complexity index is 3020. The van der Waals surface area contributed by atoms with Gasteiger partial charge in [-0.15, -0.1) is 0 Å². The number of nitrogens with zero attached hydrogens (tertiary/aromatic N) is 6. The first-order chi connectivity index (χ1) is 35.9. The number of hydrogen-bond donors (Lipinski definition) is 5. The van der Waals surface area contributed by atoms with Crippen molar-refractivity contribution in [1.29, 1.82) is 0 Å². The first kappa shape index (κ1) is 52.4. The number of urea groups is 1. The number of ether oxygens (including phenoxy) is 2. The lowest BCUT2D eigenvalue weighted by molar-refractivity contribution is -0.145. The van der Waals surface area contributed by atoms with Crippen LogP contribution in [0, 0.1) is 28.7 Å². The predicted molar refractivity (Wildman–Crippen MR) is 272 cm³/mol. The van der Waals surface area contributed by atoms with Gasteiger partial charge >= 0.3 is 6.03 Å². The van der Waals surface area contributed by atoms with E-state index < -0.39 is 81.4 Å². The first-order valence-corrected chi connectivity index (χ1v) is 26.2. The van der Waals surface area contributed by atoms with E-state index in [-0.39, 0.29) is 89.2 Å². The summed E-state index contributed by atoms with van der Waals surface area (Å²) in [5, 5.41) is 29.5. The number of hydrogen-bond acceptors (Lipinski definition) is 11. The van der Waals surface area contributed by atoms with Gasteiger partial charge in [0.2, 0.25) is 5.91 Å². The third-order valence-corrected chi connectivity index (χ3v) is 17.0. The van der Waals surface area contributed by atoms with Crippen molar-refractivity contribution >= 4 is 46.2 Å². The molecule has 10 rings (SSSR count). The largest absolute Gasteiger partial charge is 0.480 e. The number of rotatable bonds is 13. The molecule has 1 unspecified atom stereocenters. The van der Waals surface area contributed by atoms with Crippen molar-refractivity contribution in [3.63, 3.8) is 0 Å². The Morgan fingerprint density at radius 2 is 1.65 bits per heavy atom. The average molecular weight is 1060 g/mol. The molecule has 1 saturated carbocycles. The Balaban J connectivity index is 0.769. The number of aliphatic hydroxyl groups is 2. The average Bonchev–Trinajstić information content (AvgIpc) is 3.90. The van der Waals surface area contributed by atoms with E-state index in [0.29, 0.717) is 70.3 Å². The van der Waals surface area contributed by atoms with Crippen LogP contribution in [0.15, 0.2) is 48.7 Å². The molecule has 21 heteroatoms. The van der Waals surface area contributed by atoms with E-state index in [2.05, 4.69) is 25.6 Å². The number of likely N-dealkylation sites (tertiary alicyclic amines) is 2. The van der Waals surface area contributed by atoms with Crippen LogP contribution in [0.25, 0.3) is 22.0 Å². The molecule has 16 nitrogen and oxygen atoms in total. The fourth-order valence-corrected chi connectivity index (χ4v) is 12.7. The number of piperidine rings is 2. The van der Waals surface area contributed by atoms with E-state index in [1.165, 1.54) is 15.6 Å². The van der Waals surface area contributed by atoms with E-state index in [9.17, 15) is 24.6 Å². The zero-order valence-corrected chi connectivity index (χ0v) is 42.9. The number of nitrogens with one attached hydrogen (secondary N) is 2. The first-order valence-electron chi connectivity index (χ1n) is 25.8. The summed E-state index contributed by atoms with van der Waals surface area (Å²) < 4.78 is 78.1. The number of pyridine rings is 1. The Morgan fingerprint density at radius 3 is 2.32 bits per heavy atom. The predicted octanol–water partition coefficient (Wildman–Crippen LogP) is 7.35. The SMILES string of the molecule is C[C@H]1c2c(cc(F)c(Cl)c2-c2c(C(N)=O)cnc(OCCO)c2F)O[C@]1(CNC1CCC(C)(C(=O)N2CCC(N3CCC(c4c(F)cc5c(N6CCC(O)NC6=O)nn(C)c5c4F)CC3)CC2)CC1)c1ccccc1. The van der Waals surface area contributed by atoms with E-state index in [1.807, 2.05) is 49.1 Å². The molecule has 0 bridgehead atoms. The standard InChI is InChI=1S/C54H62ClF4N9O7/c1-29-40-38(26-37(57)44(55)43(40)42-35(48(60)71)27-61-50(46(42)59)74-24-23-69)75-54(29,31-7-5-4-6-8-31)28-62-32-9-16-53(2,17-10-32)51(72)67-20-13-33(14-21-67)66-18-11-30(12-19-66)41-36(56)25-34-47(45(41)58)65(3)64-49(34)68-22-15-39(70)63-52(68)73/h4-8,25-27,29-30,32-33,39,62,69-70H,9-24,28H2,1-3H3,(H2,60,71)(H,63,73)/t29-,32?,39?,53?,54-/m0/s1. The molecule has 0 spiro atoms. The Labute approximate surface area is 436 Å². The fourth-order valence-electron chi connectivity index (χ4n) is 12.5. The number of anilines is 1. The summed E-state index contributed by atoms with van der Waals surface area (Å²) in [6.45, 7) is 6.14. The molecule has 3 aromatic carbocycles. The molecular formula is C54H62ClF4N9O7. The van der Waals surface area contributed by atoms with Crippen LogP contribution in [-0.4, -0.2) is 123 Å². The molecule has 5 aromatic rings. The van der Waals surface area contributed by atoms with Gasteiger partial charge in [-0.2, -0.15) is 5.10 Å². The second kappa shape index (κ2) is 20.8. The van der Waals surface area contributed by atoms with Crippen molar-refractivity contribution < 1.29 is 51.6 Å². The number of aryl methyl sites for hydroxylation is 1. The summed E-state index contributed by atoms with van der Waals surface area (Å²) in [6.07, 6.45) is 5.68. The van der Waals surface area contributed by atoms with E-state index in [1.54, 1.807) is 7.05 Å². The summed E-state index contributed by atoms with van der Waals surface area (Å²) in [5.41, 5.74) is 4.42. The molecule has 4 aliphatic heterocycles. The summed E-state index contributed by atoms with van der Waals surface area (Å²) in [7, 11) is 1.57. The van der Waals surface area contributed by atoms with Crippen LogP contribution in [0.2, 0.25) is 5.02 Å². The molecule has 4 fully saturated rings. The van der Waals surface area contributed by atoms with Crippen molar-refractivity contribution in [3.8, 4) is 22.8 Å². The number of halogens is 5. The van der Waals surface area contributed by atoms with Gasteiger partial charge in [0.25, 0.3) is 11.8 Å². The van der Waals surface area contributed by atoms with Gasteiger partial charge in [0.15, 0.2) is 23.1 Å². The van der Waals surface area contributed by atoms with Crippen molar-refractivity contribution in [1.82, 2.24) is 35.2 Å². The molecule has 3 atom stereocenters. The molecule has 1 aliphatic carbocycles. The summed E-state index contributed by atoms with van der Waals surface area (Å²) in [6, 6.07) is 11.5. The number of fused-ring (bicyclic) bond motifs is 2. The molecular weight excluding hydrogens is 998 g/mol. The topological polar surface area (TPSA) is 201 Å². The molecule has 4 amide bonds. The lowest BCUT2D eigenvalue weighted by Gasteiger charge is -2.45. The zero-order valence-electron chi connectivity index (χ0n) is 42.1. The van der Waals surface area contributed by atoms with Crippen LogP contribution in [0.4, 0.5) is 28.2 Å². The minimum Gasteiger partial charge on any atom is -0.480 e. The monoisotopic (exact) mass is 1060 g/mol. The van der Waals surface area contributed by atoms with Gasteiger partial charge in [-0.05, 0) is 82.0 Å². The number of primary amides is 1. The van der Waals surface area contributed by atoms with Gasteiger partial charge in [0.05, 0.1) is 22.6 Å². The smallest absolute Gasteiger partial charge is 0.325 e. The van der Waals surface area contributed by atoms with Crippen molar-refractivity contribution in [2.24, 2.45) is 18.2 Å². The van der Waals surface area contributed by atoms with Crippen LogP contribution in [0.3, 0.4) is 0 Å². The number of carbonyl (C=O) groups excluding carboxylic acids is 3. The van der Waals surface area contributed by atoms with E-state index in [0.717, 1.165) is 30.7 Å². The van der Waals surface area contributed by atoms with Crippen LogP contribution in [-0.2, 0) is 17.4 Å². The van der Waals surface area contributed by atoms with Gasteiger partial charge in [0, 0.05) is 97.6 Å².